The summed E-state index contributed by atoms with van der Waals surface area (Å²) in [6, 6.07) is 3.12. The zero-order valence-electron chi connectivity index (χ0n) is 6.27. The fourth-order valence-corrected chi connectivity index (χ4v) is 1.44. The van der Waals surface area contributed by atoms with Crippen molar-refractivity contribution < 1.29 is 9.90 Å². The molecule has 1 aromatic carbocycles. The molecule has 64 valence electrons. The van der Waals surface area contributed by atoms with Gasteiger partial charge in [-0.25, -0.2) is 4.79 Å². The van der Waals surface area contributed by atoms with Crippen molar-refractivity contribution in [2.24, 2.45) is 0 Å². The van der Waals surface area contributed by atoms with Crippen molar-refractivity contribution in [1.82, 2.24) is 0 Å². The molecule has 0 amide bonds. The Morgan fingerprint density at radius 1 is 1.58 bits per heavy atom. The van der Waals surface area contributed by atoms with Crippen molar-refractivity contribution in [1.29, 1.82) is 0 Å². The SMILES string of the molecule is Cc1cc(Cl)c(Br)cc1C(=O)O. The third kappa shape index (κ3) is 1.79. The third-order valence-electron chi connectivity index (χ3n) is 1.50. The Morgan fingerprint density at radius 2 is 2.17 bits per heavy atom. The monoisotopic (exact) mass is 248 g/mol. The molecule has 1 N–H and O–H groups in total. The maximum absolute atomic E-state index is 10.6. The third-order valence-corrected chi connectivity index (χ3v) is 2.69. The van der Waals surface area contributed by atoms with Gasteiger partial charge in [-0.15, -0.1) is 0 Å². The minimum atomic E-state index is -0.940. The molecule has 1 aromatic rings. The van der Waals surface area contributed by atoms with Gasteiger partial charge in [0.15, 0.2) is 0 Å². The zero-order valence-corrected chi connectivity index (χ0v) is 8.61. The molecule has 0 unspecified atom stereocenters. The van der Waals surface area contributed by atoms with Gasteiger partial charge in [-0.3, -0.25) is 0 Å². The topological polar surface area (TPSA) is 37.3 Å². The van der Waals surface area contributed by atoms with E-state index in [2.05, 4.69) is 15.9 Å². The molecule has 2 nitrogen and oxygen atoms in total. The van der Waals surface area contributed by atoms with Crippen molar-refractivity contribution in [2.45, 2.75) is 6.92 Å². The highest BCUT2D eigenvalue weighted by Gasteiger charge is 2.09. The van der Waals surface area contributed by atoms with Gasteiger partial charge >= 0.3 is 5.97 Å². The molecule has 0 saturated carbocycles. The van der Waals surface area contributed by atoms with Crippen LogP contribution >= 0.6 is 27.5 Å². The van der Waals surface area contributed by atoms with E-state index >= 15 is 0 Å². The summed E-state index contributed by atoms with van der Waals surface area (Å²) >= 11 is 8.90. The van der Waals surface area contributed by atoms with Gasteiger partial charge in [0.05, 0.1) is 10.6 Å². The first-order valence-corrected chi connectivity index (χ1v) is 4.38. The summed E-state index contributed by atoms with van der Waals surface area (Å²) < 4.78 is 0.604. The molecule has 0 aliphatic carbocycles. The summed E-state index contributed by atoms with van der Waals surface area (Å²) in [6.07, 6.45) is 0. The minimum absolute atomic E-state index is 0.270. The first-order chi connectivity index (χ1) is 5.52. The van der Waals surface area contributed by atoms with Gasteiger partial charge in [0, 0.05) is 4.47 Å². The largest absolute Gasteiger partial charge is 0.478 e. The van der Waals surface area contributed by atoms with Crippen molar-refractivity contribution in [2.75, 3.05) is 0 Å². The standard InChI is InChI=1S/C8H6BrClO2/c1-4-2-7(10)6(9)3-5(4)8(11)12/h2-3H,1H3,(H,11,12). The second-order valence-corrected chi connectivity index (χ2v) is 3.65. The van der Waals surface area contributed by atoms with Gasteiger partial charge in [0.1, 0.15) is 0 Å². The van der Waals surface area contributed by atoms with Crippen LogP contribution in [0.2, 0.25) is 5.02 Å². The molecule has 0 fully saturated rings. The van der Waals surface area contributed by atoms with E-state index in [1.165, 1.54) is 6.07 Å². The molecular weight excluding hydrogens is 243 g/mol. The lowest BCUT2D eigenvalue weighted by atomic mass is 10.1. The molecule has 0 bridgehead atoms. The molecule has 4 heteroatoms. The fraction of sp³-hybridized carbons (Fsp3) is 0.125. The summed E-state index contributed by atoms with van der Waals surface area (Å²) in [5, 5.41) is 9.24. The predicted molar refractivity (Wildman–Crippen MR) is 50.8 cm³/mol. The van der Waals surface area contributed by atoms with Crippen LogP contribution in [0.4, 0.5) is 0 Å². The van der Waals surface area contributed by atoms with Crippen LogP contribution < -0.4 is 0 Å². The lowest BCUT2D eigenvalue weighted by Crippen LogP contribution is -1.99. The summed E-state index contributed by atoms with van der Waals surface area (Å²) in [6.45, 7) is 1.71. The van der Waals surface area contributed by atoms with Gasteiger partial charge in [0.25, 0.3) is 0 Å². The number of benzene rings is 1. The molecule has 0 aliphatic rings. The fourth-order valence-electron chi connectivity index (χ4n) is 0.877. The number of carboxylic acid groups (broad SMARTS) is 1. The second-order valence-electron chi connectivity index (χ2n) is 2.39. The van der Waals surface area contributed by atoms with E-state index in [0.717, 1.165) is 0 Å². The molecule has 12 heavy (non-hydrogen) atoms. The van der Waals surface area contributed by atoms with E-state index in [0.29, 0.717) is 15.1 Å². The van der Waals surface area contributed by atoms with Crippen LogP contribution in [0.5, 0.6) is 0 Å². The Morgan fingerprint density at radius 3 is 2.67 bits per heavy atom. The number of carboxylic acids is 1. The number of rotatable bonds is 1. The maximum Gasteiger partial charge on any atom is 0.335 e. The Hall–Kier alpha value is -0.540. The molecule has 0 aliphatic heterocycles. The number of carbonyl (C=O) groups is 1. The minimum Gasteiger partial charge on any atom is -0.478 e. The van der Waals surface area contributed by atoms with Crippen LogP contribution in [0.15, 0.2) is 16.6 Å². The number of aromatic carboxylic acids is 1. The smallest absolute Gasteiger partial charge is 0.335 e. The van der Waals surface area contributed by atoms with Crippen LogP contribution in [0.3, 0.4) is 0 Å². The van der Waals surface area contributed by atoms with Gasteiger partial charge in [0.2, 0.25) is 0 Å². The van der Waals surface area contributed by atoms with E-state index in [9.17, 15) is 4.79 Å². The normalized spacial score (nSPS) is 9.92. The van der Waals surface area contributed by atoms with Gasteiger partial charge in [-0.1, -0.05) is 11.6 Å². The Kier molecular flexibility index (Phi) is 2.75. The predicted octanol–water partition coefficient (Wildman–Crippen LogP) is 3.11. The highest BCUT2D eigenvalue weighted by Crippen LogP contribution is 2.25. The summed E-state index contributed by atoms with van der Waals surface area (Å²) in [5.74, 6) is -0.940. The van der Waals surface area contributed by atoms with Gasteiger partial charge < -0.3 is 5.11 Å². The molecule has 0 spiro atoms. The van der Waals surface area contributed by atoms with E-state index in [4.69, 9.17) is 16.7 Å². The second kappa shape index (κ2) is 3.46. The summed E-state index contributed by atoms with van der Waals surface area (Å²) in [7, 11) is 0. The van der Waals surface area contributed by atoms with Crippen LogP contribution in [0.1, 0.15) is 15.9 Å². The average molecular weight is 249 g/mol. The van der Waals surface area contributed by atoms with E-state index in [-0.39, 0.29) is 5.56 Å². The molecule has 0 aromatic heterocycles. The first-order valence-electron chi connectivity index (χ1n) is 3.21. The summed E-state index contributed by atoms with van der Waals surface area (Å²) in [5.41, 5.74) is 0.932. The maximum atomic E-state index is 10.6. The Bertz CT molecular complexity index is 336. The zero-order chi connectivity index (χ0) is 9.30. The molecule has 0 heterocycles. The molecular formula is C8H6BrClO2. The highest BCUT2D eigenvalue weighted by molar-refractivity contribution is 9.10. The number of hydrogen-bond donors (Lipinski definition) is 1. The number of hydrogen-bond acceptors (Lipinski definition) is 1. The average Bonchev–Trinajstić information content (AvgIpc) is 1.96. The lowest BCUT2D eigenvalue weighted by molar-refractivity contribution is 0.0696. The van der Waals surface area contributed by atoms with Crippen molar-refractivity contribution in [3.05, 3.63) is 32.8 Å². The van der Waals surface area contributed by atoms with Crippen LogP contribution in [0, 0.1) is 6.92 Å². The number of aryl methyl sites for hydroxylation is 1. The quantitative estimate of drug-likeness (QED) is 0.830. The Balaban J connectivity index is 3.33. The molecule has 0 radical (unpaired) electrons. The van der Waals surface area contributed by atoms with E-state index < -0.39 is 5.97 Å². The molecule has 0 atom stereocenters. The van der Waals surface area contributed by atoms with Crippen LogP contribution in [-0.4, -0.2) is 11.1 Å². The number of halogens is 2. The van der Waals surface area contributed by atoms with Crippen LogP contribution in [0.25, 0.3) is 0 Å². The van der Waals surface area contributed by atoms with Crippen molar-refractivity contribution in [3.63, 3.8) is 0 Å². The van der Waals surface area contributed by atoms with E-state index in [1.54, 1.807) is 13.0 Å². The van der Waals surface area contributed by atoms with Gasteiger partial charge in [-0.05, 0) is 40.5 Å². The highest BCUT2D eigenvalue weighted by atomic mass is 79.9. The van der Waals surface area contributed by atoms with E-state index in [1.807, 2.05) is 0 Å². The molecule has 1 rings (SSSR count). The molecule has 0 saturated heterocycles. The first kappa shape index (κ1) is 9.55. The van der Waals surface area contributed by atoms with Crippen molar-refractivity contribution in [3.8, 4) is 0 Å². The van der Waals surface area contributed by atoms with Crippen molar-refractivity contribution >= 4 is 33.5 Å². The van der Waals surface area contributed by atoms with Crippen LogP contribution in [-0.2, 0) is 0 Å². The summed E-state index contributed by atoms with van der Waals surface area (Å²) in [4.78, 5) is 10.6. The van der Waals surface area contributed by atoms with Gasteiger partial charge in [-0.2, -0.15) is 0 Å². The Labute approximate surface area is 83.3 Å². The lowest BCUT2D eigenvalue weighted by Gasteiger charge is -2.02.